The van der Waals surface area contributed by atoms with Gasteiger partial charge in [0.1, 0.15) is 17.6 Å². The highest BCUT2D eigenvalue weighted by Gasteiger charge is 2.18. The highest BCUT2D eigenvalue weighted by atomic mass is 19.1. The summed E-state index contributed by atoms with van der Waals surface area (Å²) in [5, 5.41) is 10.3. The van der Waals surface area contributed by atoms with Crippen molar-refractivity contribution in [2.75, 3.05) is 0 Å². The first-order chi connectivity index (χ1) is 8.50. The molecule has 2 rings (SSSR count). The van der Waals surface area contributed by atoms with Gasteiger partial charge in [0.05, 0.1) is 0 Å². The molecule has 1 heterocycles. The van der Waals surface area contributed by atoms with E-state index in [9.17, 15) is 9.50 Å². The van der Waals surface area contributed by atoms with Gasteiger partial charge in [-0.25, -0.2) is 4.39 Å². The molecule has 1 aromatic carbocycles. The maximum atomic E-state index is 13.6. The first-order valence-electron chi connectivity index (χ1n) is 5.87. The Balaban J connectivity index is 2.50. The van der Waals surface area contributed by atoms with Gasteiger partial charge in [0, 0.05) is 6.20 Å². The molecule has 0 amide bonds. The Hall–Kier alpha value is -1.74. The lowest BCUT2D eigenvalue weighted by atomic mass is 9.95. The molecule has 94 valence electrons. The van der Waals surface area contributed by atoms with Gasteiger partial charge >= 0.3 is 0 Å². The molecular weight excluding hydrogens is 229 g/mol. The van der Waals surface area contributed by atoms with E-state index < -0.39 is 11.9 Å². The lowest BCUT2D eigenvalue weighted by molar-refractivity contribution is 0.208. The van der Waals surface area contributed by atoms with Gasteiger partial charge in [-0.1, -0.05) is 12.1 Å². The van der Waals surface area contributed by atoms with Crippen molar-refractivity contribution >= 4 is 0 Å². The molecule has 3 heteroatoms. The van der Waals surface area contributed by atoms with Crippen molar-refractivity contribution < 1.29 is 9.50 Å². The summed E-state index contributed by atoms with van der Waals surface area (Å²) in [5.74, 6) is -0.484. The minimum Gasteiger partial charge on any atom is -0.382 e. The quantitative estimate of drug-likeness (QED) is 0.881. The third-order valence-electron chi connectivity index (χ3n) is 3.22. The minimum absolute atomic E-state index is 0.0730. The zero-order chi connectivity index (χ0) is 13.3. The van der Waals surface area contributed by atoms with E-state index in [0.29, 0.717) is 5.56 Å². The van der Waals surface area contributed by atoms with Crippen LogP contribution in [0.3, 0.4) is 0 Å². The predicted octanol–water partition coefficient (Wildman–Crippen LogP) is 3.23. The molecular formula is C15H16FNO. The summed E-state index contributed by atoms with van der Waals surface area (Å²) in [6.45, 7) is 5.89. The summed E-state index contributed by atoms with van der Waals surface area (Å²) >= 11 is 0. The molecule has 0 aliphatic heterocycles. The fourth-order valence-corrected chi connectivity index (χ4v) is 2.02. The second-order valence-electron chi connectivity index (χ2n) is 4.57. The van der Waals surface area contributed by atoms with E-state index in [1.807, 2.05) is 32.9 Å². The number of rotatable bonds is 2. The molecule has 2 nitrogen and oxygen atoms in total. The summed E-state index contributed by atoms with van der Waals surface area (Å²) in [6, 6.07) is 6.71. The van der Waals surface area contributed by atoms with E-state index in [2.05, 4.69) is 4.98 Å². The summed E-state index contributed by atoms with van der Waals surface area (Å²) < 4.78 is 13.6. The molecule has 0 aliphatic rings. The van der Waals surface area contributed by atoms with Crippen LogP contribution < -0.4 is 0 Å². The topological polar surface area (TPSA) is 33.1 Å². The van der Waals surface area contributed by atoms with Crippen molar-refractivity contribution in [3.63, 3.8) is 0 Å². The molecule has 0 aliphatic carbocycles. The molecule has 0 saturated carbocycles. The molecule has 0 radical (unpaired) electrons. The van der Waals surface area contributed by atoms with Crippen LogP contribution in [-0.2, 0) is 0 Å². The van der Waals surface area contributed by atoms with E-state index in [0.717, 1.165) is 16.7 Å². The van der Waals surface area contributed by atoms with Gasteiger partial charge < -0.3 is 5.11 Å². The Morgan fingerprint density at radius 2 is 1.78 bits per heavy atom. The summed E-state index contributed by atoms with van der Waals surface area (Å²) in [5.41, 5.74) is 3.95. The number of aromatic nitrogens is 1. The van der Waals surface area contributed by atoms with E-state index in [1.165, 1.54) is 18.3 Å². The van der Waals surface area contributed by atoms with E-state index in [-0.39, 0.29) is 5.69 Å². The van der Waals surface area contributed by atoms with Crippen LogP contribution in [0.5, 0.6) is 0 Å². The van der Waals surface area contributed by atoms with Crippen LogP contribution in [0.15, 0.2) is 30.5 Å². The molecule has 18 heavy (non-hydrogen) atoms. The van der Waals surface area contributed by atoms with Gasteiger partial charge in [-0.15, -0.1) is 0 Å². The van der Waals surface area contributed by atoms with Gasteiger partial charge in [-0.2, -0.15) is 0 Å². The number of benzene rings is 1. The number of pyridine rings is 1. The van der Waals surface area contributed by atoms with Crippen LogP contribution in [-0.4, -0.2) is 10.1 Å². The van der Waals surface area contributed by atoms with Crippen LogP contribution in [0, 0.1) is 26.6 Å². The van der Waals surface area contributed by atoms with Crippen LogP contribution in [0.4, 0.5) is 4.39 Å². The van der Waals surface area contributed by atoms with Crippen molar-refractivity contribution in [1.82, 2.24) is 4.98 Å². The smallest absolute Gasteiger partial charge is 0.147 e. The number of aliphatic hydroxyl groups is 1. The number of hydrogen-bond acceptors (Lipinski definition) is 2. The fourth-order valence-electron chi connectivity index (χ4n) is 2.02. The lowest BCUT2D eigenvalue weighted by Crippen LogP contribution is -2.07. The summed E-state index contributed by atoms with van der Waals surface area (Å²) in [6.07, 6.45) is 0.461. The number of nitrogens with zero attached hydrogens (tertiary/aromatic N) is 1. The first-order valence-corrected chi connectivity index (χ1v) is 5.87. The van der Waals surface area contributed by atoms with Crippen molar-refractivity contribution in [1.29, 1.82) is 0 Å². The van der Waals surface area contributed by atoms with Gasteiger partial charge in [0.2, 0.25) is 0 Å². The largest absolute Gasteiger partial charge is 0.382 e. The number of hydrogen-bond donors (Lipinski definition) is 1. The monoisotopic (exact) mass is 245 g/mol. The van der Waals surface area contributed by atoms with Crippen LogP contribution in [0.25, 0.3) is 0 Å². The Morgan fingerprint density at radius 3 is 2.44 bits per heavy atom. The molecule has 1 atom stereocenters. The van der Waals surface area contributed by atoms with Crippen LogP contribution >= 0.6 is 0 Å². The molecule has 0 spiro atoms. The summed E-state index contributed by atoms with van der Waals surface area (Å²) in [4.78, 5) is 3.92. The SMILES string of the molecule is Cc1cc(C)c(C(O)c2ncccc2F)cc1C. The van der Waals surface area contributed by atoms with Crippen molar-refractivity contribution in [3.8, 4) is 0 Å². The normalized spacial score (nSPS) is 12.5. The van der Waals surface area contributed by atoms with Crippen molar-refractivity contribution in [2.24, 2.45) is 0 Å². The molecule has 1 N–H and O–H groups in total. The molecule has 1 unspecified atom stereocenters. The number of halogens is 1. The van der Waals surface area contributed by atoms with Crippen LogP contribution in [0.1, 0.15) is 34.1 Å². The Kier molecular flexibility index (Phi) is 3.43. The second kappa shape index (κ2) is 4.86. The van der Waals surface area contributed by atoms with Gasteiger partial charge in [-0.05, 0) is 55.2 Å². The highest BCUT2D eigenvalue weighted by Crippen LogP contribution is 2.27. The minimum atomic E-state index is -1.02. The molecule has 2 aromatic rings. The Bertz CT molecular complexity index is 581. The third-order valence-corrected chi connectivity index (χ3v) is 3.22. The number of aliphatic hydroxyl groups excluding tert-OH is 1. The maximum Gasteiger partial charge on any atom is 0.147 e. The average molecular weight is 245 g/mol. The highest BCUT2D eigenvalue weighted by molar-refractivity contribution is 5.40. The third kappa shape index (κ3) is 2.27. The van der Waals surface area contributed by atoms with E-state index in [4.69, 9.17) is 0 Å². The van der Waals surface area contributed by atoms with Gasteiger partial charge in [0.15, 0.2) is 0 Å². The second-order valence-corrected chi connectivity index (χ2v) is 4.57. The molecule has 0 fully saturated rings. The summed E-state index contributed by atoms with van der Waals surface area (Å²) in [7, 11) is 0. The van der Waals surface area contributed by atoms with Gasteiger partial charge in [-0.3, -0.25) is 4.98 Å². The average Bonchev–Trinajstić information content (AvgIpc) is 2.33. The molecule has 0 saturated heterocycles. The maximum absolute atomic E-state index is 13.6. The zero-order valence-electron chi connectivity index (χ0n) is 10.7. The standard InChI is InChI=1S/C15H16FNO/c1-9-7-11(3)12(8-10(9)2)15(18)14-13(16)5-4-6-17-14/h4-8,15,18H,1-3H3. The van der Waals surface area contributed by atoms with Crippen molar-refractivity contribution in [2.45, 2.75) is 26.9 Å². The van der Waals surface area contributed by atoms with Gasteiger partial charge in [0.25, 0.3) is 0 Å². The molecule has 0 bridgehead atoms. The number of aryl methyl sites for hydroxylation is 3. The molecule has 1 aromatic heterocycles. The Labute approximate surface area is 106 Å². The van der Waals surface area contributed by atoms with E-state index >= 15 is 0 Å². The van der Waals surface area contributed by atoms with E-state index in [1.54, 1.807) is 0 Å². The lowest BCUT2D eigenvalue weighted by Gasteiger charge is -2.16. The first kappa shape index (κ1) is 12.7. The van der Waals surface area contributed by atoms with Crippen molar-refractivity contribution in [3.05, 3.63) is 64.2 Å². The fraction of sp³-hybridized carbons (Fsp3) is 0.267. The zero-order valence-corrected chi connectivity index (χ0v) is 10.7. The Morgan fingerprint density at radius 1 is 1.11 bits per heavy atom. The van der Waals surface area contributed by atoms with Crippen LogP contribution in [0.2, 0.25) is 0 Å². The predicted molar refractivity (Wildman–Crippen MR) is 68.9 cm³/mol.